The lowest BCUT2D eigenvalue weighted by molar-refractivity contribution is 0.00187. The fraction of sp³-hybridized carbons (Fsp3) is 0.900. The van der Waals surface area contributed by atoms with Gasteiger partial charge in [-0.3, -0.25) is 0 Å². The van der Waals surface area contributed by atoms with Crippen LogP contribution < -0.4 is 0 Å². The number of hydrogen-bond donors (Lipinski definition) is 0. The molecule has 1 heteroatoms. The Balaban J connectivity index is 2.69. The molecule has 1 nitrogen and oxygen atoms in total. The molecule has 0 aromatic rings. The Morgan fingerprint density at radius 2 is 1.91 bits per heavy atom. The number of hydrogen-bond acceptors (Lipinski definition) is 1. The lowest BCUT2D eigenvalue weighted by Crippen LogP contribution is -2.41. The highest BCUT2D eigenvalue weighted by Gasteiger charge is 2.46. The molecule has 0 aliphatic heterocycles. The van der Waals surface area contributed by atoms with Crippen LogP contribution in [0, 0.1) is 22.2 Å². The Kier molecular flexibility index (Phi) is 1.96. The van der Waals surface area contributed by atoms with Crippen LogP contribution in [0.4, 0.5) is 0 Å². The predicted octanol–water partition coefficient (Wildman–Crippen LogP) is 3.12. The number of nitriles is 1. The maximum atomic E-state index is 8.68. The molecule has 1 saturated carbocycles. The highest BCUT2D eigenvalue weighted by Crippen LogP contribution is 2.55. The van der Waals surface area contributed by atoms with E-state index in [9.17, 15) is 0 Å². The minimum absolute atomic E-state index is 0.320. The summed E-state index contributed by atoms with van der Waals surface area (Å²) in [5.74, 6) is 0. The molecule has 1 aliphatic rings. The molecule has 0 amide bonds. The van der Waals surface area contributed by atoms with E-state index in [-0.39, 0.29) is 0 Å². The molecule has 0 radical (unpaired) electrons. The molecule has 0 atom stereocenters. The molecule has 0 spiro atoms. The van der Waals surface area contributed by atoms with E-state index in [0.29, 0.717) is 10.8 Å². The molecule has 0 saturated heterocycles. The Bertz CT molecular complexity index is 176. The van der Waals surface area contributed by atoms with Gasteiger partial charge in [-0.2, -0.15) is 5.26 Å². The summed E-state index contributed by atoms with van der Waals surface area (Å²) in [4.78, 5) is 0. The first-order chi connectivity index (χ1) is 5.02. The summed E-state index contributed by atoms with van der Waals surface area (Å²) >= 11 is 0. The summed E-state index contributed by atoms with van der Waals surface area (Å²) in [7, 11) is 0. The van der Waals surface area contributed by atoms with Gasteiger partial charge in [0.2, 0.25) is 0 Å². The standard InChI is InChI=1S/C10H17N/c1-9(2,3)10(7-8-11)5-4-6-10/h4-7H2,1-3H3. The fourth-order valence-electron chi connectivity index (χ4n) is 1.95. The normalized spacial score (nSPS) is 22.0. The third-order valence-corrected chi connectivity index (χ3v) is 3.32. The van der Waals surface area contributed by atoms with E-state index in [0.717, 1.165) is 6.42 Å². The monoisotopic (exact) mass is 151 g/mol. The lowest BCUT2D eigenvalue weighted by atomic mass is 9.54. The molecule has 0 aromatic heterocycles. The summed E-state index contributed by atoms with van der Waals surface area (Å²) in [5, 5.41) is 8.68. The zero-order chi connectivity index (χ0) is 8.54. The number of rotatable bonds is 1. The quantitative estimate of drug-likeness (QED) is 0.565. The molecule has 1 aliphatic carbocycles. The summed E-state index contributed by atoms with van der Waals surface area (Å²) in [6, 6.07) is 2.32. The maximum absolute atomic E-state index is 8.68. The lowest BCUT2D eigenvalue weighted by Gasteiger charge is -2.50. The number of nitrogens with zero attached hydrogens (tertiary/aromatic N) is 1. The first kappa shape index (κ1) is 8.59. The van der Waals surface area contributed by atoms with Gasteiger partial charge in [0.15, 0.2) is 0 Å². The van der Waals surface area contributed by atoms with Gasteiger partial charge in [-0.15, -0.1) is 0 Å². The first-order valence-corrected chi connectivity index (χ1v) is 4.39. The second-order valence-corrected chi connectivity index (χ2v) is 4.72. The fourth-order valence-corrected chi connectivity index (χ4v) is 1.95. The molecule has 62 valence electrons. The van der Waals surface area contributed by atoms with Crippen molar-refractivity contribution in [3.63, 3.8) is 0 Å². The van der Waals surface area contributed by atoms with Gasteiger partial charge in [0.1, 0.15) is 0 Å². The molecule has 1 rings (SSSR count). The van der Waals surface area contributed by atoms with E-state index in [1.54, 1.807) is 0 Å². The molecule has 1 fully saturated rings. The van der Waals surface area contributed by atoms with E-state index in [1.807, 2.05) is 0 Å². The van der Waals surface area contributed by atoms with E-state index in [4.69, 9.17) is 5.26 Å². The van der Waals surface area contributed by atoms with Crippen LogP contribution in [0.25, 0.3) is 0 Å². The second-order valence-electron chi connectivity index (χ2n) is 4.72. The van der Waals surface area contributed by atoms with E-state index in [1.165, 1.54) is 19.3 Å². The average Bonchev–Trinajstić information content (AvgIpc) is 1.75. The zero-order valence-electron chi connectivity index (χ0n) is 7.78. The van der Waals surface area contributed by atoms with Crippen LogP contribution >= 0.6 is 0 Å². The molecular formula is C10H17N. The maximum Gasteiger partial charge on any atom is 0.0627 e. The van der Waals surface area contributed by atoms with Crippen molar-refractivity contribution >= 4 is 0 Å². The van der Waals surface area contributed by atoms with Gasteiger partial charge in [0.05, 0.1) is 6.07 Å². The van der Waals surface area contributed by atoms with Gasteiger partial charge in [-0.25, -0.2) is 0 Å². The first-order valence-electron chi connectivity index (χ1n) is 4.39. The molecule has 11 heavy (non-hydrogen) atoms. The molecule has 0 N–H and O–H groups in total. The molecule has 0 heterocycles. The highest BCUT2D eigenvalue weighted by atomic mass is 14.5. The largest absolute Gasteiger partial charge is 0.198 e. The van der Waals surface area contributed by atoms with Crippen LogP contribution in [0.3, 0.4) is 0 Å². The van der Waals surface area contributed by atoms with E-state index in [2.05, 4.69) is 26.8 Å². The highest BCUT2D eigenvalue weighted by molar-refractivity contribution is 5.01. The Morgan fingerprint density at radius 3 is 2.00 bits per heavy atom. The summed E-state index contributed by atoms with van der Waals surface area (Å²) in [6.07, 6.45) is 4.57. The van der Waals surface area contributed by atoms with Crippen molar-refractivity contribution in [2.45, 2.75) is 46.5 Å². The minimum atomic E-state index is 0.320. The second kappa shape index (κ2) is 2.52. The van der Waals surface area contributed by atoms with E-state index >= 15 is 0 Å². The van der Waals surface area contributed by atoms with Gasteiger partial charge in [0.25, 0.3) is 0 Å². The third-order valence-electron chi connectivity index (χ3n) is 3.32. The summed E-state index contributed by atoms with van der Waals surface area (Å²) < 4.78 is 0. The van der Waals surface area contributed by atoms with Gasteiger partial charge in [-0.05, 0) is 23.7 Å². The van der Waals surface area contributed by atoms with Crippen molar-refractivity contribution in [1.29, 1.82) is 5.26 Å². The average molecular weight is 151 g/mol. The topological polar surface area (TPSA) is 23.8 Å². The molecule has 0 bridgehead atoms. The van der Waals surface area contributed by atoms with Crippen LogP contribution in [0.1, 0.15) is 46.5 Å². The van der Waals surface area contributed by atoms with Crippen molar-refractivity contribution in [1.82, 2.24) is 0 Å². The van der Waals surface area contributed by atoms with Gasteiger partial charge < -0.3 is 0 Å². The van der Waals surface area contributed by atoms with Crippen molar-refractivity contribution in [3.8, 4) is 6.07 Å². The van der Waals surface area contributed by atoms with Crippen molar-refractivity contribution in [3.05, 3.63) is 0 Å². The van der Waals surface area contributed by atoms with Crippen molar-refractivity contribution in [2.75, 3.05) is 0 Å². The van der Waals surface area contributed by atoms with Crippen molar-refractivity contribution < 1.29 is 0 Å². The van der Waals surface area contributed by atoms with Crippen LogP contribution in [-0.2, 0) is 0 Å². The smallest absolute Gasteiger partial charge is 0.0627 e. The SMILES string of the molecule is CC(C)(C)C1(CC#N)CCC1. The summed E-state index contributed by atoms with van der Waals surface area (Å²) in [6.45, 7) is 6.76. The predicted molar refractivity (Wildman–Crippen MR) is 46.0 cm³/mol. The minimum Gasteiger partial charge on any atom is -0.198 e. The molecule has 0 unspecified atom stereocenters. The van der Waals surface area contributed by atoms with E-state index < -0.39 is 0 Å². The van der Waals surface area contributed by atoms with Crippen LogP contribution in [0.5, 0.6) is 0 Å². The van der Waals surface area contributed by atoms with Crippen LogP contribution in [0.2, 0.25) is 0 Å². The van der Waals surface area contributed by atoms with Crippen molar-refractivity contribution in [2.24, 2.45) is 10.8 Å². The molecule has 0 aromatic carbocycles. The Labute approximate surface area is 69.4 Å². The van der Waals surface area contributed by atoms with Crippen LogP contribution in [-0.4, -0.2) is 0 Å². The Hall–Kier alpha value is -0.510. The van der Waals surface area contributed by atoms with Gasteiger partial charge in [-0.1, -0.05) is 27.2 Å². The van der Waals surface area contributed by atoms with Gasteiger partial charge in [0, 0.05) is 6.42 Å². The van der Waals surface area contributed by atoms with Crippen LogP contribution in [0.15, 0.2) is 0 Å². The summed E-state index contributed by atoms with van der Waals surface area (Å²) in [5.41, 5.74) is 0.669. The van der Waals surface area contributed by atoms with Gasteiger partial charge >= 0.3 is 0 Å². The zero-order valence-corrected chi connectivity index (χ0v) is 7.78. The Morgan fingerprint density at radius 1 is 1.36 bits per heavy atom. The molecular weight excluding hydrogens is 134 g/mol. The third kappa shape index (κ3) is 1.27.